The molecular weight excluding hydrogens is 290 g/mol. The molecule has 4 rings (SSSR count). The van der Waals surface area contributed by atoms with Gasteiger partial charge in [-0.1, -0.05) is 72.3 Å². The summed E-state index contributed by atoms with van der Waals surface area (Å²) in [4.78, 5) is 4.70. The first-order chi connectivity index (χ1) is 11.7. The van der Waals surface area contributed by atoms with Crippen LogP contribution in [0.15, 0.2) is 79.0 Å². The predicted octanol–water partition coefficient (Wildman–Crippen LogP) is 6.19. The van der Waals surface area contributed by atoms with Gasteiger partial charge in [-0.25, -0.2) is 0 Å². The van der Waals surface area contributed by atoms with Gasteiger partial charge in [-0.05, 0) is 47.4 Å². The van der Waals surface area contributed by atoms with Crippen LogP contribution in [0, 0.1) is 13.8 Å². The monoisotopic (exact) mass is 309 g/mol. The van der Waals surface area contributed by atoms with E-state index in [1.165, 1.54) is 38.6 Å². The Labute approximate surface area is 142 Å². The van der Waals surface area contributed by atoms with E-state index in [1.807, 2.05) is 12.3 Å². The van der Waals surface area contributed by atoms with E-state index >= 15 is 0 Å². The highest BCUT2D eigenvalue weighted by Crippen LogP contribution is 2.38. The molecular formula is C23H19N. The minimum Gasteiger partial charge on any atom is -0.256 e. The summed E-state index contributed by atoms with van der Waals surface area (Å²) < 4.78 is 0. The van der Waals surface area contributed by atoms with E-state index in [9.17, 15) is 0 Å². The van der Waals surface area contributed by atoms with Crippen LogP contribution in [-0.4, -0.2) is 4.98 Å². The number of aromatic nitrogens is 1. The lowest BCUT2D eigenvalue weighted by molar-refractivity contribution is 1.27. The average molecular weight is 309 g/mol. The highest BCUT2D eigenvalue weighted by Gasteiger charge is 2.14. The van der Waals surface area contributed by atoms with Crippen LogP contribution in [0.1, 0.15) is 11.1 Å². The Morgan fingerprint density at radius 1 is 0.708 bits per heavy atom. The summed E-state index contributed by atoms with van der Waals surface area (Å²) in [5.41, 5.74) is 7.21. The van der Waals surface area contributed by atoms with Crippen molar-refractivity contribution < 1.29 is 0 Å². The van der Waals surface area contributed by atoms with Gasteiger partial charge >= 0.3 is 0 Å². The number of nitrogens with zero attached hydrogens (tertiary/aromatic N) is 1. The minimum absolute atomic E-state index is 1.06. The summed E-state index contributed by atoms with van der Waals surface area (Å²) in [6.45, 7) is 4.25. The van der Waals surface area contributed by atoms with Crippen LogP contribution in [0.2, 0.25) is 0 Å². The lowest BCUT2D eigenvalue weighted by Crippen LogP contribution is -1.93. The molecule has 0 fully saturated rings. The lowest BCUT2D eigenvalue weighted by atomic mass is 9.90. The molecule has 24 heavy (non-hydrogen) atoms. The molecule has 4 aromatic rings. The third-order valence-electron chi connectivity index (χ3n) is 4.54. The van der Waals surface area contributed by atoms with E-state index in [0.717, 1.165) is 5.69 Å². The van der Waals surface area contributed by atoms with Gasteiger partial charge < -0.3 is 0 Å². The Balaban J connectivity index is 2.09. The molecule has 3 aromatic carbocycles. The van der Waals surface area contributed by atoms with Crippen LogP contribution in [0.3, 0.4) is 0 Å². The number of benzene rings is 3. The smallest absolute Gasteiger partial charge is 0.0743 e. The molecule has 116 valence electrons. The number of fused-ring (bicyclic) bond motifs is 1. The van der Waals surface area contributed by atoms with E-state index in [1.54, 1.807) is 0 Å². The summed E-state index contributed by atoms with van der Waals surface area (Å²) in [6.07, 6.45) is 1.88. The summed E-state index contributed by atoms with van der Waals surface area (Å²) in [5, 5.41) is 2.49. The van der Waals surface area contributed by atoms with Gasteiger partial charge in [0.2, 0.25) is 0 Å². The zero-order valence-corrected chi connectivity index (χ0v) is 14.0. The Morgan fingerprint density at radius 2 is 1.50 bits per heavy atom. The van der Waals surface area contributed by atoms with Crippen molar-refractivity contribution in [2.24, 2.45) is 0 Å². The quantitative estimate of drug-likeness (QED) is 0.430. The molecule has 0 aliphatic carbocycles. The molecule has 0 radical (unpaired) electrons. The second-order valence-electron chi connectivity index (χ2n) is 6.24. The molecule has 0 aliphatic heterocycles. The molecule has 0 aliphatic rings. The fourth-order valence-electron chi connectivity index (χ4n) is 3.25. The van der Waals surface area contributed by atoms with Crippen molar-refractivity contribution in [2.45, 2.75) is 13.8 Å². The van der Waals surface area contributed by atoms with Crippen molar-refractivity contribution in [1.82, 2.24) is 4.98 Å². The van der Waals surface area contributed by atoms with Gasteiger partial charge in [0.05, 0.1) is 5.69 Å². The molecule has 0 spiro atoms. The van der Waals surface area contributed by atoms with Crippen LogP contribution in [0.4, 0.5) is 0 Å². The molecule has 1 nitrogen and oxygen atoms in total. The Kier molecular flexibility index (Phi) is 3.62. The molecule has 1 heteroatoms. The lowest BCUT2D eigenvalue weighted by Gasteiger charge is -2.15. The standard InChI is InChI=1S/C23H19N/c1-16-9-11-19(12-10-16)21-14-13-18-7-3-4-8-20(18)22(21)23-17(2)6-5-15-24-23/h3-15H,1-2H3. The predicted molar refractivity (Wildman–Crippen MR) is 102 cm³/mol. The van der Waals surface area contributed by atoms with Crippen LogP contribution in [0.5, 0.6) is 0 Å². The van der Waals surface area contributed by atoms with Crippen molar-refractivity contribution in [3.63, 3.8) is 0 Å². The largest absolute Gasteiger partial charge is 0.256 e. The molecule has 0 atom stereocenters. The van der Waals surface area contributed by atoms with Crippen molar-refractivity contribution >= 4 is 10.8 Å². The third kappa shape index (κ3) is 2.48. The van der Waals surface area contributed by atoms with Crippen molar-refractivity contribution in [1.29, 1.82) is 0 Å². The topological polar surface area (TPSA) is 12.9 Å². The van der Waals surface area contributed by atoms with Crippen molar-refractivity contribution in [3.8, 4) is 22.4 Å². The first kappa shape index (κ1) is 14.6. The van der Waals surface area contributed by atoms with Crippen molar-refractivity contribution in [2.75, 3.05) is 0 Å². The van der Waals surface area contributed by atoms with E-state index in [4.69, 9.17) is 4.98 Å². The normalized spacial score (nSPS) is 10.9. The number of pyridine rings is 1. The Bertz CT molecular complexity index is 1010. The summed E-state index contributed by atoms with van der Waals surface area (Å²) >= 11 is 0. The Hall–Kier alpha value is -2.93. The molecule has 0 saturated heterocycles. The summed E-state index contributed by atoms with van der Waals surface area (Å²) in [5.74, 6) is 0. The van der Waals surface area contributed by atoms with Gasteiger partial charge in [0.15, 0.2) is 0 Å². The highest BCUT2D eigenvalue weighted by molar-refractivity contribution is 6.03. The SMILES string of the molecule is Cc1ccc(-c2ccc3ccccc3c2-c2ncccc2C)cc1. The fraction of sp³-hybridized carbons (Fsp3) is 0.0870. The zero-order chi connectivity index (χ0) is 16.5. The molecule has 1 aromatic heterocycles. The van der Waals surface area contributed by atoms with E-state index in [-0.39, 0.29) is 0 Å². The van der Waals surface area contributed by atoms with Crippen LogP contribution in [0.25, 0.3) is 33.2 Å². The van der Waals surface area contributed by atoms with Gasteiger partial charge in [0.1, 0.15) is 0 Å². The van der Waals surface area contributed by atoms with Crippen LogP contribution >= 0.6 is 0 Å². The van der Waals surface area contributed by atoms with Gasteiger partial charge in [-0.3, -0.25) is 4.98 Å². The molecule has 1 heterocycles. The number of hydrogen-bond donors (Lipinski definition) is 0. The average Bonchev–Trinajstić information content (AvgIpc) is 2.62. The van der Waals surface area contributed by atoms with E-state index in [2.05, 4.69) is 80.6 Å². The minimum atomic E-state index is 1.06. The van der Waals surface area contributed by atoms with Gasteiger partial charge in [0.25, 0.3) is 0 Å². The van der Waals surface area contributed by atoms with Crippen LogP contribution in [-0.2, 0) is 0 Å². The number of hydrogen-bond acceptors (Lipinski definition) is 1. The number of rotatable bonds is 2. The van der Waals surface area contributed by atoms with E-state index in [0.29, 0.717) is 0 Å². The first-order valence-electron chi connectivity index (χ1n) is 8.25. The second-order valence-corrected chi connectivity index (χ2v) is 6.24. The third-order valence-corrected chi connectivity index (χ3v) is 4.54. The zero-order valence-electron chi connectivity index (χ0n) is 14.0. The first-order valence-corrected chi connectivity index (χ1v) is 8.25. The van der Waals surface area contributed by atoms with Gasteiger partial charge in [0, 0.05) is 11.8 Å². The maximum absolute atomic E-state index is 4.70. The summed E-state index contributed by atoms with van der Waals surface area (Å²) in [7, 11) is 0. The fourth-order valence-corrected chi connectivity index (χ4v) is 3.25. The van der Waals surface area contributed by atoms with Gasteiger partial charge in [-0.15, -0.1) is 0 Å². The second kappa shape index (κ2) is 5.93. The molecule has 0 amide bonds. The molecule has 0 N–H and O–H groups in total. The summed E-state index contributed by atoms with van der Waals surface area (Å²) in [6, 6.07) is 25.8. The molecule has 0 bridgehead atoms. The maximum atomic E-state index is 4.70. The number of aryl methyl sites for hydroxylation is 2. The van der Waals surface area contributed by atoms with Gasteiger partial charge in [-0.2, -0.15) is 0 Å². The molecule has 0 saturated carbocycles. The Morgan fingerprint density at radius 3 is 2.29 bits per heavy atom. The molecule has 0 unspecified atom stereocenters. The van der Waals surface area contributed by atoms with Crippen molar-refractivity contribution in [3.05, 3.63) is 90.1 Å². The van der Waals surface area contributed by atoms with Crippen LogP contribution < -0.4 is 0 Å². The maximum Gasteiger partial charge on any atom is 0.0743 e. The van der Waals surface area contributed by atoms with E-state index < -0.39 is 0 Å². The highest BCUT2D eigenvalue weighted by atomic mass is 14.7.